The molecule has 1 heterocycles. The van der Waals surface area contributed by atoms with E-state index in [4.69, 9.17) is 22.1 Å². The van der Waals surface area contributed by atoms with Gasteiger partial charge in [0.2, 0.25) is 10.0 Å². The van der Waals surface area contributed by atoms with Crippen molar-refractivity contribution in [2.24, 2.45) is 0 Å². The summed E-state index contributed by atoms with van der Waals surface area (Å²) in [5.74, 6) is 0. The number of nitrogens with zero attached hydrogens (tertiary/aromatic N) is 1. The second kappa shape index (κ2) is 5.76. The molecule has 2 aliphatic rings. The highest BCUT2D eigenvalue weighted by atomic mass is 35.5. The fourth-order valence-corrected chi connectivity index (χ4v) is 4.99. The van der Waals surface area contributed by atoms with Crippen molar-refractivity contribution < 1.29 is 13.2 Å². The molecule has 1 aromatic carbocycles. The van der Waals surface area contributed by atoms with E-state index < -0.39 is 10.0 Å². The molecule has 0 spiro atoms. The Morgan fingerprint density at radius 3 is 2.81 bits per heavy atom. The van der Waals surface area contributed by atoms with Gasteiger partial charge in [-0.05, 0) is 31.0 Å². The number of fused-ring (bicyclic) bond motifs is 1. The van der Waals surface area contributed by atoms with Gasteiger partial charge in [0.15, 0.2) is 0 Å². The van der Waals surface area contributed by atoms with Gasteiger partial charge in [-0.1, -0.05) is 24.4 Å². The van der Waals surface area contributed by atoms with Crippen LogP contribution in [0.2, 0.25) is 5.02 Å². The smallest absolute Gasteiger partial charge is 0.243 e. The number of nitrogens with two attached hydrogens (primary N) is 1. The zero-order valence-electron chi connectivity index (χ0n) is 11.7. The van der Waals surface area contributed by atoms with Crippen molar-refractivity contribution in [1.82, 2.24) is 4.31 Å². The summed E-state index contributed by atoms with van der Waals surface area (Å²) in [6.45, 7) is 0.843. The monoisotopic (exact) mass is 330 g/mol. The maximum atomic E-state index is 12.9. The predicted octanol–water partition coefficient (Wildman–Crippen LogP) is 2.25. The molecule has 0 bridgehead atoms. The first kappa shape index (κ1) is 15.1. The molecular formula is C14H19ClN2O3S. The summed E-state index contributed by atoms with van der Waals surface area (Å²) in [6, 6.07) is 4.42. The molecule has 0 amide bonds. The van der Waals surface area contributed by atoms with Gasteiger partial charge in [-0.25, -0.2) is 8.42 Å². The molecule has 2 atom stereocenters. The van der Waals surface area contributed by atoms with E-state index in [1.54, 1.807) is 4.31 Å². The molecule has 1 saturated heterocycles. The molecule has 7 heteroatoms. The summed E-state index contributed by atoms with van der Waals surface area (Å²) in [4.78, 5) is 0.204. The largest absolute Gasteiger partial charge is 0.397 e. The van der Waals surface area contributed by atoms with Crippen LogP contribution in [0.25, 0.3) is 0 Å². The summed E-state index contributed by atoms with van der Waals surface area (Å²) in [5, 5.41) is 0.367. The molecule has 2 N–H and O–H groups in total. The first-order chi connectivity index (χ1) is 10.00. The molecule has 21 heavy (non-hydrogen) atoms. The fourth-order valence-electron chi connectivity index (χ4n) is 3.18. The minimum absolute atomic E-state index is 0.0203. The van der Waals surface area contributed by atoms with Gasteiger partial charge in [0.05, 0.1) is 34.4 Å². The molecule has 2 unspecified atom stereocenters. The summed E-state index contributed by atoms with van der Waals surface area (Å²) in [6.07, 6.45) is 3.95. The van der Waals surface area contributed by atoms with Gasteiger partial charge in [-0.3, -0.25) is 0 Å². The summed E-state index contributed by atoms with van der Waals surface area (Å²) in [5.41, 5.74) is 6.02. The lowest BCUT2D eigenvalue weighted by Crippen LogP contribution is -2.54. The molecule has 1 saturated carbocycles. The number of ether oxygens (including phenoxy) is 1. The Bertz CT molecular complexity index is 633. The SMILES string of the molecule is Nc1cc(S(=O)(=O)N2CCOC3CCCCC32)ccc1Cl. The lowest BCUT2D eigenvalue weighted by molar-refractivity contribution is -0.0586. The minimum atomic E-state index is -3.56. The molecular weight excluding hydrogens is 312 g/mol. The van der Waals surface area contributed by atoms with Gasteiger partial charge in [-0.15, -0.1) is 0 Å². The Morgan fingerprint density at radius 1 is 1.29 bits per heavy atom. The van der Waals surface area contributed by atoms with Crippen molar-refractivity contribution in [3.05, 3.63) is 23.2 Å². The lowest BCUT2D eigenvalue weighted by atomic mass is 9.91. The number of sulfonamides is 1. The third kappa shape index (κ3) is 2.77. The maximum absolute atomic E-state index is 12.9. The number of morpholine rings is 1. The van der Waals surface area contributed by atoms with Gasteiger partial charge in [0.25, 0.3) is 0 Å². The van der Waals surface area contributed by atoms with Gasteiger partial charge < -0.3 is 10.5 Å². The minimum Gasteiger partial charge on any atom is -0.397 e. The molecule has 5 nitrogen and oxygen atoms in total. The molecule has 0 aromatic heterocycles. The van der Waals surface area contributed by atoms with E-state index in [9.17, 15) is 8.42 Å². The first-order valence-corrected chi connectivity index (χ1v) is 9.00. The van der Waals surface area contributed by atoms with Crippen LogP contribution in [-0.2, 0) is 14.8 Å². The average molecular weight is 331 g/mol. The second-order valence-electron chi connectivity index (χ2n) is 5.56. The van der Waals surface area contributed by atoms with Crippen molar-refractivity contribution in [2.45, 2.75) is 42.7 Å². The highest BCUT2D eigenvalue weighted by Gasteiger charge is 2.40. The standard InChI is InChI=1S/C14H19ClN2O3S/c15-11-6-5-10(9-12(11)16)21(18,19)17-7-8-20-14-4-2-1-3-13(14)17/h5-6,9,13-14H,1-4,7-8,16H2. The molecule has 1 aliphatic carbocycles. The van der Waals surface area contributed by atoms with Crippen LogP contribution >= 0.6 is 11.6 Å². The van der Waals surface area contributed by atoms with Crippen LogP contribution in [0.4, 0.5) is 5.69 Å². The van der Waals surface area contributed by atoms with E-state index in [1.807, 2.05) is 0 Å². The van der Waals surface area contributed by atoms with Crippen LogP contribution in [0.3, 0.4) is 0 Å². The normalized spacial score (nSPS) is 27.3. The average Bonchev–Trinajstić information content (AvgIpc) is 2.49. The Labute approximate surface area is 130 Å². The van der Waals surface area contributed by atoms with Gasteiger partial charge in [0.1, 0.15) is 0 Å². The molecule has 1 aliphatic heterocycles. The van der Waals surface area contributed by atoms with Crippen LogP contribution in [-0.4, -0.2) is 38.0 Å². The van der Waals surface area contributed by atoms with E-state index in [1.165, 1.54) is 18.2 Å². The summed E-state index contributed by atoms with van der Waals surface area (Å²) < 4.78 is 33.1. The number of nitrogen functional groups attached to an aromatic ring is 1. The van der Waals surface area contributed by atoms with E-state index in [0.29, 0.717) is 18.2 Å². The van der Waals surface area contributed by atoms with Gasteiger partial charge >= 0.3 is 0 Å². The van der Waals surface area contributed by atoms with E-state index in [0.717, 1.165) is 25.7 Å². The van der Waals surface area contributed by atoms with Gasteiger partial charge in [0, 0.05) is 6.54 Å². The molecule has 0 radical (unpaired) electrons. The van der Waals surface area contributed by atoms with Crippen molar-refractivity contribution in [1.29, 1.82) is 0 Å². The number of halogens is 1. The summed E-state index contributed by atoms with van der Waals surface area (Å²) in [7, 11) is -3.56. The third-order valence-electron chi connectivity index (χ3n) is 4.26. The first-order valence-electron chi connectivity index (χ1n) is 7.18. The Kier molecular flexibility index (Phi) is 4.14. The van der Waals surface area contributed by atoms with E-state index in [-0.39, 0.29) is 22.7 Å². The maximum Gasteiger partial charge on any atom is 0.243 e. The van der Waals surface area contributed by atoms with E-state index in [2.05, 4.69) is 0 Å². The Hall–Kier alpha value is -0.820. The van der Waals surface area contributed by atoms with Crippen LogP contribution in [0.1, 0.15) is 25.7 Å². The highest BCUT2D eigenvalue weighted by Crippen LogP contribution is 2.33. The van der Waals surface area contributed by atoms with Crippen LogP contribution in [0.15, 0.2) is 23.1 Å². The van der Waals surface area contributed by atoms with Crippen LogP contribution in [0.5, 0.6) is 0 Å². The quantitative estimate of drug-likeness (QED) is 0.844. The zero-order valence-corrected chi connectivity index (χ0v) is 13.2. The van der Waals surface area contributed by atoms with E-state index >= 15 is 0 Å². The number of rotatable bonds is 2. The second-order valence-corrected chi connectivity index (χ2v) is 7.86. The van der Waals surface area contributed by atoms with Gasteiger partial charge in [-0.2, -0.15) is 4.31 Å². The predicted molar refractivity (Wildman–Crippen MR) is 81.8 cm³/mol. The third-order valence-corrected chi connectivity index (χ3v) is 6.52. The molecule has 1 aromatic rings. The number of anilines is 1. The number of hydrogen-bond acceptors (Lipinski definition) is 4. The van der Waals surface area contributed by atoms with Crippen molar-refractivity contribution in [3.63, 3.8) is 0 Å². The zero-order chi connectivity index (χ0) is 15.0. The number of benzene rings is 1. The highest BCUT2D eigenvalue weighted by molar-refractivity contribution is 7.89. The number of hydrogen-bond donors (Lipinski definition) is 1. The lowest BCUT2D eigenvalue weighted by Gasteiger charge is -2.42. The molecule has 3 rings (SSSR count). The Morgan fingerprint density at radius 2 is 2.05 bits per heavy atom. The molecule has 116 valence electrons. The van der Waals surface area contributed by atoms with Crippen molar-refractivity contribution in [3.8, 4) is 0 Å². The Balaban J connectivity index is 1.94. The van der Waals surface area contributed by atoms with Crippen LogP contribution in [0, 0.1) is 0 Å². The van der Waals surface area contributed by atoms with Crippen molar-refractivity contribution in [2.75, 3.05) is 18.9 Å². The van der Waals surface area contributed by atoms with Crippen LogP contribution < -0.4 is 5.73 Å². The van der Waals surface area contributed by atoms with Crippen molar-refractivity contribution >= 4 is 27.3 Å². The summed E-state index contributed by atoms with van der Waals surface area (Å²) >= 11 is 5.87. The fraction of sp³-hybridized carbons (Fsp3) is 0.571. The topological polar surface area (TPSA) is 72.6 Å². The molecule has 2 fully saturated rings.